The Bertz CT molecular complexity index is 1320. The summed E-state index contributed by atoms with van der Waals surface area (Å²) < 4.78 is 32.4. The predicted octanol–water partition coefficient (Wildman–Crippen LogP) is 1.91. The fourth-order valence-corrected chi connectivity index (χ4v) is 3.98. The van der Waals surface area contributed by atoms with Crippen LogP contribution in [-0.4, -0.2) is 47.5 Å². The number of benzene rings is 1. The van der Waals surface area contributed by atoms with E-state index in [1.165, 1.54) is 54.9 Å². The van der Waals surface area contributed by atoms with E-state index in [0.717, 1.165) is 4.31 Å². The Morgan fingerprint density at radius 1 is 1.16 bits per heavy atom. The Kier molecular flexibility index (Phi) is 6.54. The Labute approximate surface area is 182 Å². The number of ether oxygens (including phenoxy) is 1. The van der Waals surface area contributed by atoms with Gasteiger partial charge in [0.15, 0.2) is 5.78 Å². The number of nitrogens with zero attached hydrogens (tertiary/aromatic N) is 3. The lowest BCUT2D eigenvalue weighted by molar-refractivity contribution is -0.145. The van der Waals surface area contributed by atoms with E-state index >= 15 is 0 Å². The summed E-state index contributed by atoms with van der Waals surface area (Å²) in [5.41, 5.74) is 0.525. The van der Waals surface area contributed by atoms with Gasteiger partial charge >= 0.3 is 5.97 Å². The first kappa shape index (κ1) is 22.6. The lowest BCUT2D eigenvalue weighted by Crippen LogP contribution is -2.33. The van der Waals surface area contributed by atoms with E-state index in [0.29, 0.717) is 16.2 Å². The van der Waals surface area contributed by atoms with E-state index in [1.54, 1.807) is 12.1 Å². The molecule has 3 aromatic rings. The Balaban J connectivity index is 1.66. The Hall–Kier alpha value is -3.08. The summed E-state index contributed by atoms with van der Waals surface area (Å²) in [6.45, 7) is 0.535. The van der Waals surface area contributed by atoms with Gasteiger partial charge < -0.3 is 4.74 Å². The van der Waals surface area contributed by atoms with E-state index in [9.17, 15) is 22.8 Å². The molecule has 0 aliphatic carbocycles. The van der Waals surface area contributed by atoms with Crippen molar-refractivity contribution in [1.82, 2.24) is 13.7 Å². The molecule has 0 fully saturated rings. The molecule has 0 radical (unpaired) electrons. The van der Waals surface area contributed by atoms with E-state index < -0.39 is 28.1 Å². The van der Waals surface area contributed by atoms with Crippen LogP contribution in [-0.2, 0) is 26.2 Å². The third-order valence-corrected chi connectivity index (χ3v) is 6.42. The molecule has 11 heteroatoms. The van der Waals surface area contributed by atoms with Crippen molar-refractivity contribution >= 4 is 39.0 Å². The van der Waals surface area contributed by atoms with Crippen LogP contribution in [0.1, 0.15) is 23.0 Å². The topological polar surface area (TPSA) is 115 Å². The molecular weight excluding hydrogens is 446 g/mol. The molecule has 0 spiro atoms. The number of hydrogen-bond donors (Lipinski definition) is 0. The molecule has 0 aliphatic heterocycles. The number of halogens is 1. The maximum Gasteiger partial charge on any atom is 0.321 e. The maximum absolute atomic E-state index is 12.6. The zero-order valence-corrected chi connectivity index (χ0v) is 18.2. The number of hydrogen-bond acceptors (Lipinski definition) is 7. The standard InChI is InChI=1S/C20H18ClN3O6S/c1-13(25)14-3-6-17(7-4-14)31(28,29)23(2)11-20(27)30-12-16-9-19(26)24-10-15(21)5-8-18(24)22-16/h3-10H,11-12H2,1-2H3. The number of pyridine rings is 1. The van der Waals surface area contributed by atoms with Crippen LogP contribution in [0.4, 0.5) is 0 Å². The second-order valence-electron chi connectivity index (χ2n) is 6.66. The Morgan fingerprint density at radius 3 is 2.48 bits per heavy atom. The number of fused-ring (bicyclic) bond motifs is 1. The lowest BCUT2D eigenvalue weighted by atomic mass is 10.2. The van der Waals surface area contributed by atoms with E-state index in [4.69, 9.17) is 16.3 Å². The van der Waals surface area contributed by atoms with Gasteiger partial charge in [0.2, 0.25) is 10.0 Å². The van der Waals surface area contributed by atoms with Crippen molar-refractivity contribution in [2.75, 3.05) is 13.6 Å². The molecule has 0 saturated heterocycles. The van der Waals surface area contributed by atoms with Crippen LogP contribution < -0.4 is 5.56 Å². The van der Waals surface area contributed by atoms with Crippen molar-refractivity contribution in [2.24, 2.45) is 0 Å². The van der Waals surface area contributed by atoms with Crippen LogP contribution in [0.5, 0.6) is 0 Å². The highest BCUT2D eigenvalue weighted by Crippen LogP contribution is 2.16. The molecule has 2 heterocycles. The molecule has 0 amide bonds. The second kappa shape index (κ2) is 8.96. The van der Waals surface area contributed by atoms with Gasteiger partial charge in [0, 0.05) is 24.9 Å². The highest BCUT2D eigenvalue weighted by Gasteiger charge is 2.24. The minimum absolute atomic E-state index is 0.0596. The number of likely N-dealkylation sites (N-methyl/N-ethyl adjacent to an activating group) is 1. The molecule has 0 saturated carbocycles. The minimum Gasteiger partial charge on any atom is -0.458 e. The highest BCUT2D eigenvalue weighted by molar-refractivity contribution is 7.89. The van der Waals surface area contributed by atoms with Gasteiger partial charge in [-0.25, -0.2) is 13.4 Å². The van der Waals surface area contributed by atoms with Crippen LogP contribution in [0, 0.1) is 0 Å². The highest BCUT2D eigenvalue weighted by atomic mass is 35.5. The molecule has 0 aliphatic rings. The average molecular weight is 464 g/mol. The van der Waals surface area contributed by atoms with Gasteiger partial charge in [-0.15, -0.1) is 0 Å². The molecule has 162 valence electrons. The SMILES string of the molecule is CC(=O)c1ccc(S(=O)(=O)N(C)CC(=O)OCc2cc(=O)n3cc(Cl)ccc3n2)cc1. The number of aromatic nitrogens is 2. The van der Waals surface area contributed by atoms with Crippen molar-refractivity contribution in [3.63, 3.8) is 0 Å². The number of rotatable bonds is 7. The normalized spacial score (nSPS) is 11.6. The molecule has 3 rings (SSSR count). The van der Waals surface area contributed by atoms with Crippen molar-refractivity contribution in [2.45, 2.75) is 18.4 Å². The summed E-state index contributed by atoms with van der Waals surface area (Å²) in [6.07, 6.45) is 1.42. The van der Waals surface area contributed by atoms with Crippen LogP contribution in [0.2, 0.25) is 5.02 Å². The van der Waals surface area contributed by atoms with Crippen LogP contribution >= 0.6 is 11.6 Å². The van der Waals surface area contributed by atoms with E-state index in [1.807, 2.05) is 0 Å². The first-order chi connectivity index (χ1) is 14.6. The van der Waals surface area contributed by atoms with Gasteiger partial charge in [0.05, 0.1) is 15.6 Å². The van der Waals surface area contributed by atoms with Gasteiger partial charge in [0.25, 0.3) is 5.56 Å². The zero-order valence-electron chi connectivity index (χ0n) is 16.6. The molecule has 0 atom stereocenters. The maximum atomic E-state index is 12.6. The Morgan fingerprint density at radius 2 is 1.84 bits per heavy atom. The fraction of sp³-hybridized carbons (Fsp3) is 0.200. The largest absolute Gasteiger partial charge is 0.458 e. The summed E-state index contributed by atoms with van der Waals surface area (Å²) in [5.74, 6) is -1.00. The molecule has 31 heavy (non-hydrogen) atoms. The number of Topliss-reactive ketones (excluding diaryl/α,β-unsaturated/α-hetero) is 1. The fourth-order valence-electron chi connectivity index (χ4n) is 2.71. The molecule has 0 bridgehead atoms. The third kappa shape index (κ3) is 5.16. The van der Waals surface area contributed by atoms with Crippen molar-refractivity contribution in [3.05, 3.63) is 75.3 Å². The third-order valence-electron chi connectivity index (χ3n) is 4.38. The van der Waals surface area contributed by atoms with E-state index in [2.05, 4.69) is 4.98 Å². The number of ketones is 1. The smallest absolute Gasteiger partial charge is 0.321 e. The molecular formula is C20H18ClN3O6S. The first-order valence-corrected chi connectivity index (χ1v) is 10.8. The molecule has 9 nitrogen and oxygen atoms in total. The van der Waals surface area contributed by atoms with Gasteiger partial charge in [-0.1, -0.05) is 23.7 Å². The predicted molar refractivity (Wildman–Crippen MR) is 113 cm³/mol. The van der Waals surface area contributed by atoms with Gasteiger partial charge in [-0.2, -0.15) is 4.31 Å². The summed E-state index contributed by atoms with van der Waals surface area (Å²) in [6, 6.07) is 9.72. The minimum atomic E-state index is -3.96. The molecule has 0 N–H and O–H groups in total. The number of esters is 1. The lowest BCUT2D eigenvalue weighted by Gasteiger charge is -2.16. The van der Waals surface area contributed by atoms with Gasteiger partial charge in [-0.05, 0) is 31.2 Å². The molecule has 0 unspecified atom stereocenters. The quantitative estimate of drug-likeness (QED) is 0.388. The summed E-state index contributed by atoms with van der Waals surface area (Å²) >= 11 is 5.86. The number of carbonyl (C=O) groups is 2. The van der Waals surface area contributed by atoms with Crippen LogP contribution in [0.3, 0.4) is 0 Å². The summed E-state index contributed by atoms with van der Waals surface area (Å²) in [7, 11) is -2.72. The molecule has 2 aromatic heterocycles. The first-order valence-electron chi connectivity index (χ1n) is 8.99. The summed E-state index contributed by atoms with van der Waals surface area (Å²) in [4.78, 5) is 39.8. The number of sulfonamides is 1. The monoisotopic (exact) mass is 463 g/mol. The second-order valence-corrected chi connectivity index (χ2v) is 9.14. The van der Waals surface area contributed by atoms with Crippen molar-refractivity contribution in [1.29, 1.82) is 0 Å². The number of carbonyl (C=O) groups excluding carboxylic acids is 2. The van der Waals surface area contributed by atoms with E-state index in [-0.39, 0.29) is 23.0 Å². The average Bonchev–Trinajstić information content (AvgIpc) is 2.72. The van der Waals surface area contributed by atoms with Crippen molar-refractivity contribution < 1.29 is 22.7 Å². The van der Waals surface area contributed by atoms with Gasteiger partial charge in [-0.3, -0.25) is 18.8 Å². The zero-order chi connectivity index (χ0) is 22.8. The van der Waals surface area contributed by atoms with Crippen molar-refractivity contribution in [3.8, 4) is 0 Å². The van der Waals surface area contributed by atoms with Crippen LogP contribution in [0.25, 0.3) is 5.65 Å². The molecule has 1 aromatic carbocycles. The van der Waals surface area contributed by atoms with Crippen LogP contribution in [0.15, 0.2) is 58.4 Å². The summed E-state index contributed by atoms with van der Waals surface area (Å²) in [5, 5.41) is 0.371. The van der Waals surface area contributed by atoms with Gasteiger partial charge in [0.1, 0.15) is 18.8 Å².